The zero-order chi connectivity index (χ0) is 12.4. The molecule has 7 heteroatoms. The van der Waals surface area contributed by atoms with E-state index < -0.39 is 5.91 Å². The first-order valence-electron chi connectivity index (χ1n) is 4.87. The summed E-state index contributed by atoms with van der Waals surface area (Å²) in [6, 6.07) is 1.31. The van der Waals surface area contributed by atoms with Crippen molar-refractivity contribution in [3.8, 4) is 0 Å². The van der Waals surface area contributed by atoms with E-state index in [1.54, 1.807) is 13.8 Å². The molecular formula is C10H10N4O3. The number of amides is 1. The largest absolute Gasteiger partial charge is 0.364 e. The highest BCUT2D eigenvalue weighted by atomic mass is 16.5. The van der Waals surface area contributed by atoms with Crippen LogP contribution >= 0.6 is 0 Å². The fourth-order valence-corrected chi connectivity index (χ4v) is 1.26. The van der Waals surface area contributed by atoms with Gasteiger partial charge in [-0.3, -0.25) is 14.9 Å². The molecule has 0 aliphatic carbocycles. The number of nitrogens with one attached hydrogen (secondary N) is 2. The molecule has 0 aromatic carbocycles. The molecular weight excluding hydrogens is 224 g/mol. The summed E-state index contributed by atoms with van der Waals surface area (Å²) in [6.45, 7) is 3.35. The number of aromatic nitrogens is 3. The summed E-state index contributed by atoms with van der Waals surface area (Å²) < 4.78 is 4.71. The number of hydrogen-bond donors (Lipinski definition) is 2. The Morgan fingerprint density at radius 2 is 2.24 bits per heavy atom. The van der Waals surface area contributed by atoms with Crippen molar-refractivity contribution >= 4 is 11.9 Å². The third-order valence-electron chi connectivity index (χ3n) is 2.05. The Bertz CT molecular complexity index is 614. The van der Waals surface area contributed by atoms with Crippen LogP contribution in [0.25, 0.3) is 0 Å². The summed E-state index contributed by atoms with van der Waals surface area (Å²) in [4.78, 5) is 29.8. The molecule has 0 atom stereocenters. The molecule has 0 fully saturated rings. The minimum Gasteiger partial charge on any atom is -0.364 e. The number of carbonyl (C=O) groups is 1. The second kappa shape index (κ2) is 4.20. The molecule has 2 heterocycles. The van der Waals surface area contributed by atoms with Crippen molar-refractivity contribution in [3.63, 3.8) is 0 Å². The molecule has 0 aliphatic heterocycles. The SMILES string of the molecule is Cc1noc(NC(=O)c2c[nH]c(C)cc2=O)n1. The van der Waals surface area contributed by atoms with Crippen LogP contribution in [0.5, 0.6) is 0 Å². The molecule has 0 unspecified atom stereocenters. The van der Waals surface area contributed by atoms with Gasteiger partial charge in [0.15, 0.2) is 11.3 Å². The van der Waals surface area contributed by atoms with Gasteiger partial charge in [-0.15, -0.1) is 0 Å². The van der Waals surface area contributed by atoms with E-state index in [1.807, 2.05) is 0 Å². The minimum absolute atomic E-state index is 0.00791. The van der Waals surface area contributed by atoms with E-state index in [1.165, 1.54) is 12.3 Å². The standard InChI is InChI=1S/C10H10N4O3/c1-5-3-8(15)7(4-11-5)9(16)13-10-12-6(2)14-17-10/h3-4H,1-2H3,(H,11,15)(H,12,13,14,16). The Kier molecular flexibility index (Phi) is 2.73. The van der Waals surface area contributed by atoms with Gasteiger partial charge in [0.1, 0.15) is 5.56 Å². The van der Waals surface area contributed by atoms with E-state index in [2.05, 4.69) is 20.4 Å². The van der Waals surface area contributed by atoms with E-state index in [0.29, 0.717) is 11.5 Å². The van der Waals surface area contributed by atoms with Gasteiger partial charge in [-0.2, -0.15) is 4.98 Å². The summed E-state index contributed by atoms with van der Waals surface area (Å²) >= 11 is 0. The average molecular weight is 234 g/mol. The molecule has 2 rings (SSSR count). The molecule has 2 aromatic rings. The number of pyridine rings is 1. The third kappa shape index (κ3) is 2.39. The van der Waals surface area contributed by atoms with E-state index in [0.717, 1.165) is 0 Å². The van der Waals surface area contributed by atoms with Crippen LogP contribution in [-0.2, 0) is 0 Å². The molecule has 0 aliphatic rings. The topological polar surface area (TPSA) is 101 Å². The lowest BCUT2D eigenvalue weighted by Crippen LogP contribution is -2.21. The normalized spacial score (nSPS) is 10.2. The second-order valence-corrected chi connectivity index (χ2v) is 3.49. The first-order valence-corrected chi connectivity index (χ1v) is 4.87. The van der Waals surface area contributed by atoms with Crippen LogP contribution in [0.1, 0.15) is 21.9 Å². The van der Waals surface area contributed by atoms with E-state index in [4.69, 9.17) is 4.52 Å². The highest BCUT2D eigenvalue weighted by molar-refractivity contribution is 6.02. The number of H-pyrrole nitrogens is 1. The lowest BCUT2D eigenvalue weighted by atomic mass is 10.2. The number of rotatable bonds is 2. The molecule has 0 saturated carbocycles. The van der Waals surface area contributed by atoms with Crippen molar-refractivity contribution in [2.24, 2.45) is 0 Å². The number of aryl methyl sites for hydroxylation is 2. The van der Waals surface area contributed by atoms with Crippen LogP contribution in [0.2, 0.25) is 0 Å². The van der Waals surface area contributed by atoms with E-state index in [9.17, 15) is 9.59 Å². The van der Waals surface area contributed by atoms with Crippen molar-refractivity contribution in [1.82, 2.24) is 15.1 Å². The molecule has 2 N–H and O–H groups in total. The monoisotopic (exact) mass is 234 g/mol. The van der Waals surface area contributed by atoms with Gasteiger partial charge in [-0.1, -0.05) is 5.16 Å². The number of carbonyl (C=O) groups excluding carboxylic acids is 1. The first kappa shape index (κ1) is 11.1. The van der Waals surface area contributed by atoms with Crippen LogP contribution < -0.4 is 10.7 Å². The Hall–Kier alpha value is -2.44. The van der Waals surface area contributed by atoms with Crippen LogP contribution in [0.15, 0.2) is 21.6 Å². The predicted molar refractivity (Wildman–Crippen MR) is 58.8 cm³/mol. The maximum absolute atomic E-state index is 11.7. The molecule has 17 heavy (non-hydrogen) atoms. The molecule has 88 valence electrons. The van der Waals surface area contributed by atoms with Crippen LogP contribution in [0.4, 0.5) is 6.01 Å². The van der Waals surface area contributed by atoms with Gasteiger partial charge in [0.05, 0.1) is 0 Å². The van der Waals surface area contributed by atoms with Gasteiger partial charge in [-0.05, 0) is 13.8 Å². The Balaban J connectivity index is 2.23. The van der Waals surface area contributed by atoms with E-state index >= 15 is 0 Å². The zero-order valence-electron chi connectivity index (χ0n) is 9.27. The lowest BCUT2D eigenvalue weighted by Gasteiger charge is -1.99. The molecule has 0 bridgehead atoms. The molecule has 0 spiro atoms. The Morgan fingerprint density at radius 1 is 1.47 bits per heavy atom. The zero-order valence-corrected chi connectivity index (χ0v) is 9.27. The third-order valence-corrected chi connectivity index (χ3v) is 2.05. The highest BCUT2D eigenvalue weighted by Gasteiger charge is 2.13. The molecule has 1 amide bonds. The van der Waals surface area contributed by atoms with Crippen molar-refractivity contribution < 1.29 is 9.32 Å². The number of aromatic amines is 1. The maximum atomic E-state index is 11.7. The summed E-state index contributed by atoms with van der Waals surface area (Å²) in [5.74, 6) is -0.187. The quantitative estimate of drug-likeness (QED) is 0.793. The minimum atomic E-state index is -0.588. The molecule has 2 aromatic heterocycles. The Morgan fingerprint density at radius 3 is 2.82 bits per heavy atom. The summed E-state index contributed by atoms with van der Waals surface area (Å²) in [6.07, 6.45) is 1.34. The predicted octanol–water partition coefficient (Wildman–Crippen LogP) is 0.627. The van der Waals surface area contributed by atoms with Crippen molar-refractivity contribution in [2.45, 2.75) is 13.8 Å². The fraction of sp³-hybridized carbons (Fsp3) is 0.200. The lowest BCUT2D eigenvalue weighted by molar-refractivity contribution is 0.102. The maximum Gasteiger partial charge on any atom is 0.328 e. The fourth-order valence-electron chi connectivity index (χ4n) is 1.26. The van der Waals surface area contributed by atoms with Gasteiger partial charge in [0.25, 0.3) is 5.91 Å². The molecule has 0 radical (unpaired) electrons. The second-order valence-electron chi connectivity index (χ2n) is 3.49. The van der Waals surface area contributed by atoms with Crippen LogP contribution in [0.3, 0.4) is 0 Å². The summed E-state index contributed by atoms with van der Waals surface area (Å²) in [5, 5.41) is 5.85. The summed E-state index contributed by atoms with van der Waals surface area (Å²) in [7, 11) is 0. The van der Waals surface area contributed by atoms with Crippen molar-refractivity contribution in [2.75, 3.05) is 5.32 Å². The van der Waals surface area contributed by atoms with Gasteiger partial charge in [0.2, 0.25) is 0 Å². The van der Waals surface area contributed by atoms with Crippen LogP contribution in [-0.4, -0.2) is 21.0 Å². The van der Waals surface area contributed by atoms with Gasteiger partial charge < -0.3 is 9.51 Å². The first-order chi connectivity index (χ1) is 8.06. The molecule has 7 nitrogen and oxygen atoms in total. The van der Waals surface area contributed by atoms with Gasteiger partial charge in [0, 0.05) is 18.0 Å². The number of hydrogen-bond acceptors (Lipinski definition) is 5. The van der Waals surface area contributed by atoms with Crippen molar-refractivity contribution in [3.05, 3.63) is 39.6 Å². The van der Waals surface area contributed by atoms with Crippen LogP contribution in [0, 0.1) is 13.8 Å². The summed E-state index contributed by atoms with van der Waals surface area (Å²) in [5.41, 5.74) is 0.307. The number of nitrogens with zero attached hydrogens (tertiary/aromatic N) is 2. The smallest absolute Gasteiger partial charge is 0.328 e. The molecule has 0 saturated heterocycles. The highest BCUT2D eigenvalue weighted by Crippen LogP contribution is 2.04. The van der Waals surface area contributed by atoms with Gasteiger partial charge in [-0.25, -0.2) is 0 Å². The van der Waals surface area contributed by atoms with Gasteiger partial charge >= 0.3 is 6.01 Å². The van der Waals surface area contributed by atoms with Crippen molar-refractivity contribution in [1.29, 1.82) is 0 Å². The Labute approximate surface area is 95.9 Å². The average Bonchev–Trinajstić information content (AvgIpc) is 2.63. The number of anilines is 1. The van der Waals surface area contributed by atoms with E-state index in [-0.39, 0.29) is 17.0 Å².